The summed E-state index contributed by atoms with van der Waals surface area (Å²) in [5.74, 6) is 1.15. The lowest BCUT2D eigenvalue weighted by Crippen LogP contribution is -2.40. The minimum atomic E-state index is -0.869. The average molecular weight is 545 g/mol. The smallest absolute Gasteiger partial charge is 0.338 e. The molecule has 0 N–H and O–H groups in total. The fraction of sp³-hybridized carbons (Fsp3) is 0.269. The number of ether oxygens (including phenoxy) is 5. The fourth-order valence-corrected chi connectivity index (χ4v) is 5.50. The zero-order valence-corrected chi connectivity index (χ0v) is 22.7. The molecule has 0 saturated heterocycles. The molecule has 2 heterocycles. The molecule has 194 valence electrons. The van der Waals surface area contributed by atoms with Gasteiger partial charge in [-0.2, -0.15) is 0 Å². The third-order valence-electron chi connectivity index (χ3n) is 5.93. The van der Waals surface area contributed by atoms with E-state index in [4.69, 9.17) is 35.3 Å². The van der Waals surface area contributed by atoms with E-state index in [2.05, 4.69) is 4.99 Å². The second-order valence-corrected chi connectivity index (χ2v) is 9.33. The van der Waals surface area contributed by atoms with Gasteiger partial charge in [-0.1, -0.05) is 22.9 Å². The molecule has 37 heavy (non-hydrogen) atoms. The van der Waals surface area contributed by atoms with Gasteiger partial charge in [-0.05, 0) is 43.3 Å². The Balaban J connectivity index is 2.03. The number of aromatic nitrogens is 1. The summed E-state index contributed by atoms with van der Waals surface area (Å²) in [6.07, 6.45) is 1.69. The van der Waals surface area contributed by atoms with Gasteiger partial charge in [-0.15, -0.1) is 0 Å². The van der Waals surface area contributed by atoms with Gasteiger partial charge in [-0.25, -0.2) is 9.79 Å². The zero-order valence-electron chi connectivity index (χ0n) is 21.1. The van der Waals surface area contributed by atoms with Crippen molar-refractivity contribution in [3.63, 3.8) is 0 Å². The first-order valence-electron chi connectivity index (χ1n) is 11.0. The van der Waals surface area contributed by atoms with Gasteiger partial charge >= 0.3 is 5.97 Å². The summed E-state index contributed by atoms with van der Waals surface area (Å²) >= 11 is 7.50. The lowest BCUT2D eigenvalue weighted by atomic mass is 9.95. The summed E-state index contributed by atoms with van der Waals surface area (Å²) < 4.78 is 28.8. The molecule has 1 atom stereocenters. The highest BCUT2D eigenvalue weighted by Gasteiger charge is 2.35. The van der Waals surface area contributed by atoms with E-state index in [9.17, 15) is 9.59 Å². The molecule has 0 spiro atoms. The predicted molar refractivity (Wildman–Crippen MR) is 140 cm³/mol. The summed E-state index contributed by atoms with van der Waals surface area (Å²) in [4.78, 5) is 31.7. The SMILES string of the molecule is COC(=O)C1=C(C)N=c2s/c(=C\c3ccc(OC)c(OC)c3OC)c(=O)n2[C@H]1c1cc(Cl)ccc1OC. The molecule has 1 aromatic heterocycles. The van der Waals surface area contributed by atoms with Crippen molar-refractivity contribution in [2.45, 2.75) is 13.0 Å². The predicted octanol–water partition coefficient (Wildman–Crippen LogP) is 3.10. The number of thiazole rings is 1. The number of hydrogen-bond donors (Lipinski definition) is 0. The maximum Gasteiger partial charge on any atom is 0.338 e. The Labute approximate surface area is 221 Å². The van der Waals surface area contributed by atoms with Crippen molar-refractivity contribution in [1.29, 1.82) is 0 Å². The van der Waals surface area contributed by atoms with Gasteiger partial charge in [-0.3, -0.25) is 9.36 Å². The molecule has 1 aliphatic rings. The Kier molecular flexibility index (Phi) is 7.60. The monoisotopic (exact) mass is 544 g/mol. The highest BCUT2D eigenvalue weighted by molar-refractivity contribution is 7.07. The van der Waals surface area contributed by atoms with E-state index in [0.29, 0.717) is 54.2 Å². The van der Waals surface area contributed by atoms with Crippen LogP contribution in [0.1, 0.15) is 24.1 Å². The van der Waals surface area contributed by atoms with Crippen molar-refractivity contribution in [2.75, 3.05) is 35.5 Å². The topological polar surface area (TPSA) is 97.6 Å². The normalized spacial score (nSPS) is 15.1. The van der Waals surface area contributed by atoms with Crippen molar-refractivity contribution >= 4 is 35.0 Å². The Morgan fingerprint density at radius 3 is 2.30 bits per heavy atom. The molecule has 0 fully saturated rings. The Bertz CT molecular complexity index is 1590. The maximum absolute atomic E-state index is 13.9. The summed E-state index contributed by atoms with van der Waals surface area (Å²) in [5, 5.41) is 0.423. The minimum Gasteiger partial charge on any atom is -0.496 e. The van der Waals surface area contributed by atoms with E-state index in [1.54, 1.807) is 43.3 Å². The van der Waals surface area contributed by atoms with Gasteiger partial charge in [0.25, 0.3) is 5.56 Å². The van der Waals surface area contributed by atoms with Gasteiger partial charge in [0.1, 0.15) is 11.8 Å². The number of fused-ring (bicyclic) bond motifs is 1. The van der Waals surface area contributed by atoms with Crippen molar-refractivity contribution in [2.24, 2.45) is 4.99 Å². The fourth-order valence-electron chi connectivity index (χ4n) is 4.29. The van der Waals surface area contributed by atoms with Crippen LogP contribution >= 0.6 is 22.9 Å². The van der Waals surface area contributed by atoms with Crippen LogP contribution in [0.3, 0.4) is 0 Å². The van der Waals surface area contributed by atoms with Crippen molar-refractivity contribution in [3.8, 4) is 23.0 Å². The molecule has 0 aliphatic carbocycles. The van der Waals surface area contributed by atoms with Crippen LogP contribution in [0.25, 0.3) is 6.08 Å². The lowest BCUT2D eigenvalue weighted by molar-refractivity contribution is -0.136. The largest absolute Gasteiger partial charge is 0.496 e. The third kappa shape index (κ3) is 4.58. The molecule has 2 aromatic carbocycles. The van der Waals surface area contributed by atoms with Crippen LogP contribution in [-0.4, -0.2) is 46.1 Å². The second kappa shape index (κ2) is 10.7. The van der Waals surface area contributed by atoms with Gasteiger partial charge < -0.3 is 23.7 Å². The van der Waals surface area contributed by atoms with E-state index in [0.717, 1.165) is 0 Å². The van der Waals surface area contributed by atoms with Crippen molar-refractivity contribution in [1.82, 2.24) is 4.57 Å². The highest BCUT2D eigenvalue weighted by Crippen LogP contribution is 2.40. The number of methoxy groups -OCH3 is 5. The first-order chi connectivity index (χ1) is 17.8. The molecule has 0 unspecified atom stereocenters. The maximum atomic E-state index is 13.9. The van der Waals surface area contributed by atoms with E-state index in [1.165, 1.54) is 51.5 Å². The second-order valence-electron chi connectivity index (χ2n) is 7.88. The van der Waals surface area contributed by atoms with Gasteiger partial charge in [0.15, 0.2) is 16.3 Å². The quantitative estimate of drug-likeness (QED) is 0.422. The standard InChI is InChI=1S/C26H25ClN2O7S/c1-13-20(25(31)36-6)21(16-12-15(27)8-10-17(16)32-2)29-24(30)19(37-26(29)28-13)11-14-7-9-18(33-3)23(35-5)22(14)34-4/h7-12,21H,1-6H3/b19-11-/t21-/m0/s1. The molecule has 0 radical (unpaired) electrons. The number of hydrogen-bond acceptors (Lipinski definition) is 9. The van der Waals surface area contributed by atoms with E-state index in [-0.39, 0.29) is 11.1 Å². The molecule has 3 aromatic rings. The first-order valence-corrected chi connectivity index (χ1v) is 12.2. The Morgan fingerprint density at radius 1 is 1.00 bits per heavy atom. The Hall–Kier alpha value is -3.76. The molecule has 0 amide bonds. The summed E-state index contributed by atoms with van der Waals surface area (Å²) in [7, 11) is 7.33. The molecule has 0 bridgehead atoms. The average Bonchev–Trinajstić information content (AvgIpc) is 3.20. The number of carbonyl (C=O) groups is 1. The molecule has 1 aliphatic heterocycles. The lowest BCUT2D eigenvalue weighted by Gasteiger charge is -2.25. The summed E-state index contributed by atoms with van der Waals surface area (Å²) in [6.45, 7) is 1.70. The first kappa shape index (κ1) is 26.3. The zero-order chi connectivity index (χ0) is 26.9. The molecule has 0 saturated carbocycles. The van der Waals surface area contributed by atoms with Gasteiger partial charge in [0.05, 0.1) is 51.4 Å². The number of nitrogens with zero attached hydrogens (tertiary/aromatic N) is 2. The minimum absolute atomic E-state index is 0.214. The summed E-state index contributed by atoms with van der Waals surface area (Å²) in [6, 6.07) is 7.65. The summed E-state index contributed by atoms with van der Waals surface area (Å²) in [5.41, 5.74) is 1.41. The Morgan fingerprint density at radius 2 is 1.68 bits per heavy atom. The third-order valence-corrected chi connectivity index (χ3v) is 7.15. The van der Waals surface area contributed by atoms with Crippen LogP contribution < -0.4 is 33.8 Å². The van der Waals surface area contributed by atoms with E-state index >= 15 is 0 Å². The van der Waals surface area contributed by atoms with Crippen LogP contribution in [0.15, 0.2) is 51.4 Å². The molecular weight excluding hydrogens is 520 g/mol. The van der Waals surface area contributed by atoms with Crippen LogP contribution in [0.5, 0.6) is 23.0 Å². The van der Waals surface area contributed by atoms with Crippen molar-refractivity contribution < 1.29 is 28.5 Å². The number of rotatable bonds is 7. The molecule has 4 rings (SSSR count). The number of esters is 1. The van der Waals surface area contributed by atoms with Crippen LogP contribution in [0.2, 0.25) is 5.02 Å². The number of halogens is 1. The number of carbonyl (C=O) groups excluding carboxylic acids is 1. The molecule has 11 heteroatoms. The van der Waals surface area contributed by atoms with E-state index < -0.39 is 12.0 Å². The number of benzene rings is 2. The highest BCUT2D eigenvalue weighted by atomic mass is 35.5. The molecule has 9 nitrogen and oxygen atoms in total. The van der Waals surface area contributed by atoms with Crippen molar-refractivity contribution in [3.05, 3.63) is 77.4 Å². The number of allylic oxidation sites excluding steroid dienone is 1. The van der Waals surface area contributed by atoms with E-state index in [1.807, 2.05) is 0 Å². The van der Waals surface area contributed by atoms with Gasteiger partial charge in [0, 0.05) is 16.1 Å². The van der Waals surface area contributed by atoms with Crippen LogP contribution in [-0.2, 0) is 9.53 Å². The van der Waals surface area contributed by atoms with Crippen LogP contribution in [0, 0.1) is 0 Å². The van der Waals surface area contributed by atoms with Gasteiger partial charge in [0.2, 0.25) is 5.75 Å². The van der Waals surface area contributed by atoms with Crippen LogP contribution in [0.4, 0.5) is 0 Å². The molecular formula is C26H25ClN2O7S.